The molecule has 86 valence electrons. The van der Waals surface area contributed by atoms with Gasteiger partial charge in [-0.25, -0.2) is 0 Å². The monoisotopic (exact) mass is 206 g/mol. The lowest BCUT2D eigenvalue weighted by molar-refractivity contribution is 0.305. The highest BCUT2D eigenvalue weighted by Gasteiger charge is 2.37. The molecule has 0 aromatic carbocycles. The molecule has 0 bridgehead atoms. The predicted molar refractivity (Wildman–Crippen MR) is 68.8 cm³/mol. The van der Waals surface area contributed by atoms with E-state index in [9.17, 15) is 0 Å². The summed E-state index contributed by atoms with van der Waals surface area (Å²) in [6, 6.07) is 0. The van der Waals surface area contributed by atoms with Gasteiger partial charge >= 0.3 is 0 Å². The van der Waals surface area contributed by atoms with Crippen LogP contribution in [-0.2, 0) is 0 Å². The van der Waals surface area contributed by atoms with Gasteiger partial charge in [-0.1, -0.05) is 51.8 Å². The Kier molecular flexibility index (Phi) is 5.14. The molecular weight excluding hydrogens is 180 g/mol. The molecule has 1 aliphatic rings. The van der Waals surface area contributed by atoms with Gasteiger partial charge in [0.15, 0.2) is 0 Å². The summed E-state index contributed by atoms with van der Waals surface area (Å²) in [5.41, 5.74) is 0. The van der Waals surface area contributed by atoms with E-state index in [1.165, 1.54) is 25.7 Å². The Morgan fingerprint density at radius 2 is 1.67 bits per heavy atom. The minimum absolute atomic E-state index is 0.756. The van der Waals surface area contributed by atoms with Crippen molar-refractivity contribution in [3.05, 3.63) is 24.8 Å². The van der Waals surface area contributed by atoms with Crippen LogP contribution in [0, 0.1) is 23.7 Å². The molecular formula is C15H26. The zero-order valence-corrected chi connectivity index (χ0v) is 10.6. The maximum atomic E-state index is 4.00. The van der Waals surface area contributed by atoms with Gasteiger partial charge in [-0.2, -0.15) is 0 Å². The Bertz CT molecular complexity index is 214. The van der Waals surface area contributed by atoms with Crippen LogP contribution in [0.25, 0.3) is 0 Å². The van der Waals surface area contributed by atoms with E-state index in [1.54, 1.807) is 0 Å². The third-order valence-corrected chi connectivity index (χ3v) is 4.06. The van der Waals surface area contributed by atoms with Gasteiger partial charge in [-0.15, -0.1) is 6.58 Å². The van der Waals surface area contributed by atoms with Crippen LogP contribution in [0.2, 0.25) is 0 Å². The largest absolute Gasteiger partial charge is 0.103 e. The van der Waals surface area contributed by atoms with Gasteiger partial charge in [0.1, 0.15) is 0 Å². The Morgan fingerprint density at radius 3 is 2.13 bits per heavy atom. The first kappa shape index (κ1) is 12.5. The molecule has 0 nitrogen and oxygen atoms in total. The molecule has 0 amide bonds. The Morgan fingerprint density at radius 1 is 1.07 bits per heavy atom. The number of hydrogen-bond acceptors (Lipinski definition) is 0. The fourth-order valence-electron chi connectivity index (χ4n) is 3.31. The molecule has 0 heterocycles. The summed E-state index contributed by atoms with van der Waals surface area (Å²) in [5, 5.41) is 0. The van der Waals surface area contributed by atoms with Crippen molar-refractivity contribution >= 4 is 0 Å². The molecule has 0 unspecified atom stereocenters. The van der Waals surface area contributed by atoms with E-state index in [-0.39, 0.29) is 0 Å². The number of rotatable bonds is 5. The molecule has 1 aliphatic carbocycles. The predicted octanol–water partition coefficient (Wildman–Crippen LogP) is 4.83. The van der Waals surface area contributed by atoms with Crippen molar-refractivity contribution < 1.29 is 0 Å². The summed E-state index contributed by atoms with van der Waals surface area (Å²) in [6.07, 6.45) is 12.1. The van der Waals surface area contributed by atoms with Gasteiger partial charge < -0.3 is 0 Å². The number of hydrogen-bond donors (Lipinski definition) is 0. The first-order valence-corrected chi connectivity index (χ1v) is 6.57. The SMILES string of the molecule is C=C[C@H]1C[C@@H](/C=C\CC)[C@@H](CC)[C@H]1CC. The van der Waals surface area contributed by atoms with Crippen LogP contribution in [0.3, 0.4) is 0 Å². The summed E-state index contributed by atoms with van der Waals surface area (Å²) in [7, 11) is 0. The highest BCUT2D eigenvalue weighted by atomic mass is 14.4. The van der Waals surface area contributed by atoms with E-state index in [4.69, 9.17) is 0 Å². The third-order valence-electron chi connectivity index (χ3n) is 4.06. The molecule has 1 saturated carbocycles. The molecule has 0 heteroatoms. The van der Waals surface area contributed by atoms with Crippen molar-refractivity contribution in [3.8, 4) is 0 Å². The minimum Gasteiger partial charge on any atom is -0.103 e. The van der Waals surface area contributed by atoms with E-state index >= 15 is 0 Å². The highest BCUT2D eigenvalue weighted by molar-refractivity contribution is 5.03. The van der Waals surface area contributed by atoms with Gasteiger partial charge in [-0.3, -0.25) is 0 Å². The van der Waals surface area contributed by atoms with Gasteiger partial charge in [-0.05, 0) is 36.5 Å². The highest BCUT2D eigenvalue weighted by Crippen LogP contribution is 2.46. The van der Waals surface area contributed by atoms with E-state index in [0.29, 0.717) is 0 Å². The van der Waals surface area contributed by atoms with Crippen molar-refractivity contribution in [2.75, 3.05) is 0 Å². The standard InChI is InChI=1S/C15H26/c1-5-9-10-13-11-12(6-2)14(7-3)15(13)8-4/h6,9-10,12-15H,2,5,7-8,11H2,1,3-4H3/b10-9-/t12-,13+,14-,15+/m0/s1. The van der Waals surface area contributed by atoms with Gasteiger partial charge in [0.05, 0.1) is 0 Å². The molecule has 15 heavy (non-hydrogen) atoms. The summed E-state index contributed by atoms with van der Waals surface area (Å²) in [4.78, 5) is 0. The third kappa shape index (κ3) is 2.74. The van der Waals surface area contributed by atoms with Crippen molar-refractivity contribution in [3.63, 3.8) is 0 Å². The van der Waals surface area contributed by atoms with E-state index in [2.05, 4.69) is 45.6 Å². The van der Waals surface area contributed by atoms with Crippen LogP contribution in [-0.4, -0.2) is 0 Å². The second-order valence-corrected chi connectivity index (χ2v) is 4.78. The Hall–Kier alpha value is -0.520. The molecule has 0 spiro atoms. The second-order valence-electron chi connectivity index (χ2n) is 4.78. The average Bonchev–Trinajstić information content (AvgIpc) is 2.62. The lowest BCUT2D eigenvalue weighted by Crippen LogP contribution is -2.14. The van der Waals surface area contributed by atoms with E-state index in [0.717, 1.165) is 23.7 Å². The smallest absolute Gasteiger partial charge is 0.0197 e. The van der Waals surface area contributed by atoms with Crippen molar-refractivity contribution in [2.45, 2.75) is 46.5 Å². The average molecular weight is 206 g/mol. The summed E-state index contributed by atoms with van der Waals surface area (Å²) < 4.78 is 0. The van der Waals surface area contributed by atoms with Crippen LogP contribution in [0.5, 0.6) is 0 Å². The number of allylic oxidation sites excluding steroid dienone is 3. The summed E-state index contributed by atoms with van der Waals surface area (Å²) >= 11 is 0. The van der Waals surface area contributed by atoms with Crippen LogP contribution in [0.1, 0.15) is 46.5 Å². The summed E-state index contributed by atoms with van der Waals surface area (Å²) in [5.74, 6) is 3.33. The maximum Gasteiger partial charge on any atom is -0.0197 e. The molecule has 4 atom stereocenters. The van der Waals surface area contributed by atoms with Crippen molar-refractivity contribution in [2.24, 2.45) is 23.7 Å². The van der Waals surface area contributed by atoms with Crippen LogP contribution < -0.4 is 0 Å². The lowest BCUT2D eigenvalue weighted by Gasteiger charge is -2.22. The Balaban J connectivity index is 2.73. The normalized spacial score (nSPS) is 36.2. The minimum atomic E-state index is 0.756. The van der Waals surface area contributed by atoms with Gasteiger partial charge in [0.25, 0.3) is 0 Å². The first-order valence-electron chi connectivity index (χ1n) is 6.57. The molecule has 0 N–H and O–H groups in total. The zero-order valence-electron chi connectivity index (χ0n) is 10.6. The summed E-state index contributed by atoms with van der Waals surface area (Å²) in [6.45, 7) is 10.9. The van der Waals surface area contributed by atoms with E-state index < -0.39 is 0 Å². The topological polar surface area (TPSA) is 0 Å². The molecule has 1 rings (SSSR count). The van der Waals surface area contributed by atoms with Crippen LogP contribution in [0.4, 0.5) is 0 Å². The van der Waals surface area contributed by atoms with Crippen LogP contribution in [0.15, 0.2) is 24.8 Å². The van der Waals surface area contributed by atoms with Crippen LogP contribution >= 0.6 is 0 Å². The second kappa shape index (κ2) is 6.15. The van der Waals surface area contributed by atoms with E-state index in [1.807, 2.05) is 0 Å². The van der Waals surface area contributed by atoms with Gasteiger partial charge in [0, 0.05) is 0 Å². The van der Waals surface area contributed by atoms with Crippen molar-refractivity contribution in [1.82, 2.24) is 0 Å². The molecule has 0 aromatic heterocycles. The molecule has 0 saturated heterocycles. The lowest BCUT2D eigenvalue weighted by atomic mass is 9.83. The first-order chi connectivity index (χ1) is 7.28. The fraction of sp³-hybridized carbons (Fsp3) is 0.733. The molecule has 1 fully saturated rings. The molecule has 0 aromatic rings. The quantitative estimate of drug-likeness (QED) is 0.565. The van der Waals surface area contributed by atoms with Crippen molar-refractivity contribution in [1.29, 1.82) is 0 Å². The maximum absolute atomic E-state index is 4.00. The Labute approximate surface area is 95.5 Å². The fourth-order valence-corrected chi connectivity index (χ4v) is 3.31. The zero-order chi connectivity index (χ0) is 11.3. The van der Waals surface area contributed by atoms with Gasteiger partial charge in [0.2, 0.25) is 0 Å². The molecule has 0 radical (unpaired) electrons. The molecule has 0 aliphatic heterocycles.